The van der Waals surface area contributed by atoms with Crippen molar-refractivity contribution in [2.24, 2.45) is 17.8 Å². The van der Waals surface area contributed by atoms with Gasteiger partial charge in [0.05, 0.1) is 12.7 Å². The number of hydrogen-bond acceptors (Lipinski definition) is 4. The van der Waals surface area contributed by atoms with Gasteiger partial charge in [0.15, 0.2) is 0 Å². The van der Waals surface area contributed by atoms with Crippen molar-refractivity contribution in [3.8, 4) is 0 Å². The maximum absolute atomic E-state index is 13.0. The molecule has 1 saturated heterocycles. The third-order valence-electron chi connectivity index (χ3n) is 6.86. The second kappa shape index (κ2) is 8.89. The normalized spacial score (nSPS) is 29.4. The largest absolute Gasteiger partial charge is 0.389 e. The lowest BCUT2D eigenvalue weighted by molar-refractivity contribution is 0.0100. The zero-order valence-corrected chi connectivity index (χ0v) is 16.2. The zero-order chi connectivity index (χ0) is 18.6. The first kappa shape index (κ1) is 19.2. The number of anilines is 1. The summed E-state index contributed by atoms with van der Waals surface area (Å²) >= 11 is 0. The monoisotopic (exact) mass is 376 g/mol. The van der Waals surface area contributed by atoms with Gasteiger partial charge in [0, 0.05) is 45.0 Å². The van der Waals surface area contributed by atoms with Crippen molar-refractivity contribution >= 4 is 5.69 Å². The number of benzene rings is 1. The summed E-state index contributed by atoms with van der Waals surface area (Å²) in [6, 6.07) is 6.70. The molecule has 0 radical (unpaired) electrons. The number of aliphatic hydroxyl groups is 1. The van der Waals surface area contributed by atoms with Gasteiger partial charge in [0.1, 0.15) is 5.82 Å². The molecule has 1 N–H and O–H groups in total. The van der Waals surface area contributed by atoms with Gasteiger partial charge >= 0.3 is 0 Å². The number of fused-ring (bicyclic) bond motifs is 2. The summed E-state index contributed by atoms with van der Waals surface area (Å²) in [6.07, 6.45) is 6.51. The standard InChI is InChI=1S/C22H33FN2O2/c23-20-3-5-21(6-4-20)25-10-8-24(9-11-25)15-22(26)16-27-12-7-19-14-17-1-2-18(19)13-17/h3-6,17-19,22,26H,1-2,7-16H2/t17-,18-,19-,22+/m0/s1. The van der Waals surface area contributed by atoms with Crippen LogP contribution in [-0.2, 0) is 4.74 Å². The Morgan fingerprint density at radius 1 is 1.07 bits per heavy atom. The first-order chi connectivity index (χ1) is 13.2. The van der Waals surface area contributed by atoms with Crippen molar-refractivity contribution in [1.82, 2.24) is 4.90 Å². The SMILES string of the molecule is O[C@@H](COCC[C@H]1C[C@H]2CC[C@H]1C2)CN1CCN(c2ccc(F)cc2)CC1. The van der Waals surface area contributed by atoms with Gasteiger partial charge in [-0.15, -0.1) is 0 Å². The van der Waals surface area contributed by atoms with Crippen LogP contribution in [0.5, 0.6) is 0 Å². The van der Waals surface area contributed by atoms with E-state index in [2.05, 4.69) is 9.80 Å². The molecule has 150 valence electrons. The number of ether oxygens (including phenoxy) is 1. The second-order valence-electron chi connectivity index (χ2n) is 8.72. The number of rotatable bonds is 8. The Hall–Kier alpha value is -1.17. The van der Waals surface area contributed by atoms with Gasteiger partial charge in [-0.2, -0.15) is 0 Å². The van der Waals surface area contributed by atoms with Crippen LogP contribution >= 0.6 is 0 Å². The Morgan fingerprint density at radius 2 is 1.85 bits per heavy atom. The van der Waals surface area contributed by atoms with Crippen molar-refractivity contribution in [3.63, 3.8) is 0 Å². The van der Waals surface area contributed by atoms with E-state index in [1.807, 2.05) is 12.1 Å². The van der Waals surface area contributed by atoms with Crippen LogP contribution < -0.4 is 4.90 Å². The molecular formula is C22H33FN2O2. The molecule has 4 nitrogen and oxygen atoms in total. The molecule has 0 unspecified atom stereocenters. The number of nitrogens with zero attached hydrogens (tertiary/aromatic N) is 2. The van der Waals surface area contributed by atoms with E-state index in [4.69, 9.17) is 4.74 Å². The van der Waals surface area contributed by atoms with Crippen molar-refractivity contribution in [2.75, 3.05) is 50.8 Å². The Morgan fingerprint density at radius 3 is 2.52 bits per heavy atom. The molecule has 1 aromatic carbocycles. The lowest BCUT2D eigenvalue weighted by Crippen LogP contribution is -2.49. The quantitative estimate of drug-likeness (QED) is 0.707. The van der Waals surface area contributed by atoms with Gasteiger partial charge in [0.25, 0.3) is 0 Å². The van der Waals surface area contributed by atoms with Gasteiger partial charge < -0.3 is 14.7 Å². The highest BCUT2D eigenvalue weighted by molar-refractivity contribution is 5.46. The average molecular weight is 377 g/mol. The summed E-state index contributed by atoms with van der Waals surface area (Å²) in [7, 11) is 0. The molecule has 4 rings (SSSR count). The molecule has 0 aromatic heterocycles. The van der Waals surface area contributed by atoms with Crippen LogP contribution in [0.2, 0.25) is 0 Å². The van der Waals surface area contributed by atoms with Crippen molar-refractivity contribution in [3.05, 3.63) is 30.1 Å². The molecule has 1 aliphatic heterocycles. The highest BCUT2D eigenvalue weighted by Crippen LogP contribution is 2.49. The minimum atomic E-state index is -0.414. The Balaban J connectivity index is 1.09. The smallest absolute Gasteiger partial charge is 0.123 e. The van der Waals surface area contributed by atoms with Crippen LogP contribution in [0.1, 0.15) is 32.1 Å². The van der Waals surface area contributed by atoms with E-state index < -0.39 is 6.10 Å². The van der Waals surface area contributed by atoms with E-state index in [0.717, 1.165) is 56.2 Å². The van der Waals surface area contributed by atoms with Gasteiger partial charge in [-0.25, -0.2) is 4.39 Å². The summed E-state index contributed by atoms with van der Waals surface area (Å²) in [6.45, 7) is 5.56. The first-order valence-electron chi connectivity index (χ1n) is 10.7. The third kappa shape index (κ3) is 5.01. The van der Waals surface area contributed by atoms with Crippen LogP contribution in [0.25, 0.3) is 0 Å². The summed E-state index contributed by atoms with van der Waals surface area (Å²) < 4.78 is 18.8. The van der Waals surface area contributed by atoms with E-state index in [0.29, 0.717) is 13.2 Å². The highest BCUT2D eigenvalue weighted by atomic mass is 19.1. The van der Waals surface area contributed by atoms with Gasteiger partial charge in [0.2, 0.25) is 0 Å². The summed E-state index contributed by atoms with van der Waals surface area (Å²) in [5.41, 5.74) is 1.07. The van der Waals surface area contributed by atoms with E-state index in [9.17, 15) is 9.50 Å². The number of hydrogen-bond donors (Lipinski definition) is 1. The molecule has 5 heteroatoms. The maximum Gasteiger partial charge on any atom is 0.123 e. The molecular weight excluding hydrogens is 343 g/mol. The summed E-state index contributed by atoms with van der Waals surface area (Å²) in [5.74, 6) is 2.64. The summed E-state index contributed by atoms with van der Waals surface area (Å²) in [4.78, 5) is 4.57. The van der Waals surface area contributed by atoms with Crippen molar-refractivity contribution in [1.29, 1.82) is 0 Å². The van der Waals surface area contributed by atoms with Crippen molar-refractivity contribution in [2.45, 2.75) is 38.2 Å². The fourth-order valence-corrected chi connectivity index (χ4v) is 5.38. The second-order valence-corrected chi connectivity index (χ2v) is 8.72. The van der Waals surface area contributed by atoms with E-state index in [1.54, 1.807) is 0 Å². The van der Waals surface area contributed by atoms with Gasteiger partial charge in [-0.3, -0.25) is 4.90 Å². The lowest BCUT2D eigenvalue weighted by atomic mass is 9.87. The van der Waals surface area contributed by atoms with Crippen molar-refractivity contribution < 1.29 is 14.2 Å². The van der Waals surface area contributed by atoms with Crippen LogP contribution in [0, 0.1) is 23.6 Å². The number of aliphatic hydroxyl groups excluding tert-OH is 1. The van der Waals surface area contributed by atoms with Crippen LogP contribution in [-0.4, -0.2) is 62.0 Å². The molecule has 3 fully saturated rings. The van der Waals surface area contributed by atoms with Gasteiger partial charge in [-0.05, 0) is 67.7 Å². The molecule has 4 atom stereocenters. The molecule has 27 heavy (non-hydrogen) atoms. The highest BCUT2D eigenvalue weighted by Gasteiger charge is 2.38. The average Bonchev–Trinajstić information content (AvgIpc) is 3.30. The van der Waals surface area contributed by atoms with Crippen LogP contribution in [0.4, 0.5) is 10.1 Å². The van der Waals surface area contributed by atoms with Crippen LogP contribution in [0.3, 0.4) is 0 Å². The first-order valence-corrected chi connectivity index (χ1v) is 10.7. The molecule has 3 aliphatic rings. The Bertz CT molecular complexity index is 588. The topological polar surface area (TPSA) is 35.9 Å². The maximum atomic E-state index is 13.0. The summed E-state index contributed by atoms with van der Waals surface area (Å²) in [5, 5.41) is 10.3. The Labute approximate surface area is 162 Å². The third-order valence-corrected chi connectivity index (χ3v) is 6.86. The lowest BCUT2D eigenvalue weighted by Gasteiger charge is -2.36. The van der Waals surface area contributed by atoms with E-state index >= 15 is 0 Å². The predicted molar refractivity (Wildman–Crippen MR) is 105 cm³/mol. The molecule has 1 aromatic rings. The molecule has 0 amide bonds. The minimum Gasteiger partial charge on any atom is -0.389 e. The van der Waals surface area contributed by atoms with E-state index in [-0.39, 0.29) is 5.82 Å². The van der Waals surface area contributed by atoms with Crippen LogP contribution in [0.15, 0.2) is 24.3 Å². The van der Waals surface area contributed by atoms with E-state index in [1.165, 1.54) is 44.2 Å². The fourth-order valence-electron chi connectivity index (χ4n) is 5.38. The number of halogens is 1. The Kier molecular flexibility index (Phi) is 6.31. The predicted octanol–water partition coefficient (Wildman–Crippen LogP) is 3.15. The molecule has 2 aliphatic carbocycles. The number of β-amino-alcohol motifs (C(OH)–C–C–N with tert-alkyl or cyclic N) is 1. The molecule has 0 spiro atoms. The number of piperazine rings is 1. The zero-order valence-electron chi connectivity index (χ0n) is 16.2. The molecule has 2 bridgehead atoms. The fraction of sp³-hybridized carbons (Fsp3) is 0.727. The minimum absolute atomic E-state index is 0.194. The van der Waals surface area contributed by atoms with Gasteiger partial charge in [-0.1, -0.05) is 6.42 Å². The molecule has 2 saturated carbocycles. The molecule has 1 heterocycles.